The summed E-state index contributed by atoms with van der Waals surface area (Å²) in [6, 6.07) is 16.5. The summed E-state index contributed by atoms with van der Waals surface area (Å²) in [6.07, 6.45) is 1.09. The van der Waals surface area contributed by atoms with Crippen molar-refractivity contribution in [3.05, 3.63) is 64.7 Å². The van der Waals surface area contributed by atoms with E-state index >= 15 is 0 Å². The molecule has 2 N–H and O–H groups in total. The number of benzene rings is 2. The summed E-state index contributed by atoms with van der Waals surface area (Å²) in [4.78, 5) is 0. The van der Waals surface area contributed by atoms with Gasteiger partial charge in [0.15, 0.2) is 0 Å². The van der Waals surface area contributed by atoms with Crippen LogP contribution in [0, 0.1) is 0 Å². The van der Waals surface area contributed by atoms with E-state index in [1.807, 2.05) is 18.2 Å². The molecule has 0 aliphatic rings. The zero-order valence-electron chi connectivity index (χ0n) is 11.1. The lowest BCUT2D eigenvalue weighted by Gasteiger charge is -2.06. The van der Waals surface area contributed by atoms with Gasteiger partial charge in [0, 0.05) is 12.0 Å². The Bertz CT molecular complexity index is 513. The van der Waals surface area contributed by atoms with Gasteiger partial charge in [0.2, 0.25) is 0 Å². The fraction of sp³-hybridized carbons (Fsp3) is 0.250. The van der Waals surface area contributed by atoms with Gasteiger partial charge in [0.1, 0.15) is 12.3 Å². The molecule has 2 aromatic rings. The first-order chi connectivity index (χ1) is 9.29. The average Bonchev–Trinajstić information content (AvgIpc) is 2.45. The van der Waals surface area contributed by atoms with E-state index in [0.717, 1.165) is 25.3 Å². The molecule has 0 saturated carbocycles. The number of halogens is 1. The topological polar surface area (TPSA) is 25.8 Å². The Morgan fingerprint density at radius 3 is 2.53 bits per heavy atom. The third-order valence-electron chi connectivity index (χ3n) is 3.08. The first-order valence-corrected chi connectivity index (χ1v) is 6.85. The zero-order chi connectivity index (χ0) is 13.5. The van der Waals surface area contributed by atoms with Crippen LogP contribution in [-0.2, 0) is 13.0 Å². The van der Waals surface area contributed by atoms with Gasteiger partial charge in [0.25, 0.3) is 0 Å². The van der Waals surface area contributed by atoms with Crippen molar-refractivity contribution in [1.82, 2.24) is 0 Å². The highest BCUT2D eigenvalue weighted by Crippen LogP contribution is 2.24. The molecular weight excluding hydrogens is 258 g/mol. The number of hydrogen-bond acceptors (Lipinski definition) is 1. The van der Waals surface area contributed by atoms with Gasteiger partial charge in [-0.15, -0.1) is 0 Å². The lowest BCUT2D eigenvalue weighted by molar-refractivity contribution is -0.670. The molecule has 0 bridgehead atoms. The van der Waals surface area contributed by atoms with Crippen LogP contribution < -0.4 is 10.1 Å². The summed E-state index contributed by atoms with van der Waals surface area (Å²) in [5.74, 6) is 0.731. The Kier molecular flexibility index (Phi) is 5.25. The molecular formula is C16H19ClNO+. The van der Waals surface area contributed by atoms with Gasteiger partial charge in [-0.25, -0.2) is 0 Å². The molecule has 2 rings (SSSR count). The van der Waals surface area contributed by atoms with E-state index in [-0.39, 0.29) is 0 Å². The van der Waals surface area contributed by atoms with Gasteiger partial charge >= 0.3 is 0 Å². The molecule has 0 radical (unpaired) electrons. The Balaban J connectivity index is 1.78. The second-order valence-corrected chi connectivity index (χ2v) is 4.89. The van der Waals surface area contributed by atoms with Crippen LogP contribution in [0.25, 0.3) is 0 Å². The van der Waals surface area contributed by atoms with Crippen molar-refractivity contribution >= 4 is 11.6 Å². The van der Waals surface area contributed by atoms with E-state index < -0.39 is 0 Å². The number of hydrogen-bond donors (Lipinski definition) is 1. The quantitative estimate of drug-likeness (QED) is 0.807. The highest BCUT2D eigenvalue weighted by Gasteiger charge is 2.03. The van der Waals surface area contributed by atoms with Gasteiger partial charge in [-0.05, 0) is 23.8 Å². The van der Waals surface area contributed by atoms with E-state index in [2.05, 4.69) is 35.6 Å². The highest BCUT2D eigenvalue weighted by molar-refractivity contribution is 6.32. The van der Waals surface area contributed by atoms with E-state index in [9.17, 15) is 0 Å². The molecule has 3 heteroatoms. The third kappa shape index (κ3) is 4.27. The summed E-state index contributed by atoms with van der Waals surface area (Å²) in [7, 11) is 1.63. The van der Waals surface area contributed by atoms with Gasteiger partial charge < -0.3 is 10.1 Å². The summed E-state index contributed by atoms with van der Waals surface area (Å²) >= 11 is 6.10. The number of quaternary nitrogens is 1. The minimum Gasteiger partial charge on any atom is -0.495 e. The predicted molar refractivity (Wildman–Crippen MR) is 78.6 cm³/mol. The second kappa shape index (κ2) is 7.17. The summed E-state index contributed by atoms with van der Waals surface area (Å²) in [6.45, 7) is 2.02. The molecule has 0 aromatic heterocycles. The normalized spacial score (nSPS) is 10.4. The maximum atomic E-state index is 6.10. The van der Waals surface area contributed by atoms with Gasteiger partial charge in [-0.2, -0.15) is 0 Å². The fourth-order valence-corrected chi connectivity index (χ4v) is 2.30. The standard InChI is InChI=1S/C16H18ClNO/c1-19-16-8-7-14(11-15(16)17)12-18-10-9-13-5-3-2-4-6-13/h2-8,11,18H,9-10,12H2,1H3/p+1. The van der Waals surface area contributed by atoms with Crippen molar-refractivity contribution < 1.29 is 10.1 Å². The van der Waals surface area contributed by atoms with Gasteiger partial charge in [-0.3, -0.25) is 0 Å². The van der Waals surface area contributed by atoms with Crippen LogP contribution in [0.2, 0.25) is 5.02 Å². The van der Waals surface area contributed by atoms with Crippen molar-refractivity contribution in [1.29, 1.82) is 0 Å². The molecule has 0 spiro atoms. The lowest BCUT2D eigenvalue weighted by atomic mass is 10.1. The van der Waals surface area contributed by atoms with Crippen molar-refractivity contribution in [2.75, 3.05) is 13.7 Å². The Morgan fingerprint density at radius 1 is 1.05 bits per heavy atom. The molecule has 19 heavy (non-hydrogen) atoms. The van der Waals surface area contributed by atoms with Crippen LogP contribution in [0.1, 0.15) is 11.1 Å². The maximum Gasteiger partial charge on any atom is 0.137 e. The first kappa shape index (κ1) is 13.9. The summed E-state index contributed by atoms with van der Waals surface area (Å²) in [5, 5.41) is 2.97. The highest BCUT2D eigenvalue weighted by atomic mass is 35.5. The molecule has 0 atom stereocenters. The molecule has 0 fully saturated rings. The molecule has 2 nitrogen and oxygen atoms in total. The monoisotopic (exact) mass is 276 g/mol. The molecule has 0 aliphatic carbocycles. The third-order valence-corrected chi connectivity index (χ3v) is 3.37. The van der Waals surface area contributed by atoms with Crippen molar-refractivity contribution in [2.24, 2.45) is 0 Å². The molecule has 0 amide bonds. The Hall–Kier alpha value is -1.51. The van der Waals surface area contributed by atoms with Gasteiger partial charge in [0.05, 0.1) is 18.7 Å². The number of methoxy groups -OCH3 is 1. The van der Waals surface area contributed by atoms with Gasteiger partial charge in [-0.1, -0.05) is 41.9 Å². The molecule has 100 valence electrons. The number of nitrogens with two attached hydrogens (primary N) is 1. The van der Waals surface area contributed by atoms with E-state index in [1.54, 1.807) is 7.11 Å². The zero-order valence-corrected chi connectivity index (χ0v) is 11.9. The largest absolute Gasteiger partial charge is 0.495 e. The first-order valence-electron chi connectivity index (χ1n) is 6.47. The molecule has 2 aromatic carbocycles. The molecule has 0 unspecified atom stereocenters. The number of ether oxygens (including phenoxy) is 1. The number of rotatable bonds is 6. The molecule has 0 aliphatic heterocycles. The van der Waals surface area contributed by atoms with Crippen molar-refractivity contribution in [2.45, 2.75) is 13.0 Å². The summed E-state index contributed by atoms with van der Waals surface area (Å²) in [5.41, 5.74) is 2.60. The van der Waals surface area contributed by atoms with Crippen LogP contribution >= 0.6 is 11.6 Å². The van der Waals surface area contributed by atoms with Crippen molar-refractivity contribution in [3.63, 3.8) is 0 Å². The fourth-order valence-electron chi connectivity index (χ4n) is 2.02. The second-order valence-electron chi connectivity index (χ2n) is 4.49. The minimum absolute atomic E-state index is 0.677. The van der Waals surface area contributed by atoms with E-state index in [0.29, 0.717) is 5.02 Å². The SMILES string of the molecule is COc1ccc(C[NH2+]CCc2ccccc2)cc1Cl. The van der Waals surface area contributed by atoms with E-state index in [4.69, 9.17) is 16.3 Å². The smallest absolute Gasteiger partial charge is 0.137 e. The van der Waals surface area contributed by atoms with Crippen molar-refractivity contribution in [3.8, 4) is 5.75 Å². The maximum absolute atomic E-state index is 6.10. The van der Waals surface area contributed by atoms with Crippen LogP contribution in [0.4, 0.5) is 0 Å². The average molecular weight is 277 g/mol. The molecule has 0 heterocycles. The van der Waals surface area contributed by atoms with Crippen LogP contribution in [0.5, 0.6) is 5.75 Å². The Labute approximate surface area is 119 Å². The summed E-state index contributed by atoms with van der Waals surface area (Å²) < 4.78 is 5.14. The van der Waals surface area contributed by atoms with Crippen LogP contribution in [0.3, 0.4) is 0 Å². The van der Waals surface area contributed by atoms with Crippen LogP contribution in [-0.4, -0.2) is 13.7 Å². The van der Waals surface area contributed by atoms with E-state index in [1.165, 1.54) is 11.1 Å². The molecule has 0 saturated heterocycles. The lowest BCUT2D eigenvalue weighted by Crippen LogP contribution is -2.83. The minimum atomic E-state index is 0.677. The Morgan fingerprint density at radius 2 is 1.84 bits per heavy atom. The predicted octanol–water partition coefficient (Wildman–Crippen LogP) is 2.65. The van der Waals surface area contributed by atoms with Crippen LogP contribution in [0.15, 0.2) is 48.5 Å².